The number of aromatic nitrogens is 2. The zero-order valence-corrected chi connectivity index (χ0v) is 24.2. The Morgan fingerprint density at radius 1 is 1.17 bits per heavy atom. The minimum atomic E-state index is -0.262. The number of nitriles is 1. The highest BCUT2D eigenvalue weighted by Gasteiger charge is 2.34. The minimum Gasteiger partial charge on any atom is -0.462 e. The molecule has 222 valence electrons. The van der Waals surface area contributed by atoms with E-state index in [2.05, 4.69) is 34.4 Å². The number of hydrogen-bond acceptors (Lipinski definition) is 9. The quantitative estimate of drug-likeness (QED) is 0.462. The van der Waals surface area contributed by atoms with Gasteiger partial charge in [-0.25, -0.2) is 4.39 Å². The lowest BCUT2D eigenvalue weighted by Gasteiger charge is -2.42. The summed E-state index contributed by atoms with van der Waals surface area (Å²) in [6.07, 6.45) is 5.05. The Hall–Kier alpha value is -3.75. The van der Waals surface area contributed by atoms with Gasteiger partial charge in [0.1, 0.15) is 18.2 Å². The lowest BCUT2D eigenvalue weighted by molar-refractivity contribution is -0.128. The molecule has 2 fully saturated rings. The van der Waals surface area contributed by atoms with Crippen LogP contribution in [-0.4, -0.2) is 90.7 Å². The largest absolute Gasteiger partial charge is 0.462 e. The normalized spacial score (nSPS) is 22.4. The first-order valence-corrected chi connectivity index (χ1v) is 14.9. The van der Waals surface area contributed by atoms with Crippen LogP contribution in [0.15, 0.2) is 24.8 Å². The second-order valence-corrected chi connectivity index (χ2v) is 11.5. The van der Waals surface area contributed by atoms with E-state index < -0.39 is 0 Å². The molecule has 11 heteroatoms. The lowest BCUT2D eigenvalue weighted by Crippen LogP contribution is -2.55. The Balaban J connectivity index is 1.32. The number of piperazine rings is 1. The van der Waals surface area contributed by atoms with E-state index in [1.54, 1.807) is 11.0 Å². The second-order valence-electron chi connectivity index (χ2n) is 11.5. The van der Waals surface area contributed by atoms with Gasteiger partial charge in [0.15, 0.2) is 0 Å². The number of likely N-dealkylation sites (N-methyl/N-ethyl adjacent to an activating group) is 1. The number of carbonyl (C=O) groups excluding carboxylic acids is 1. The number of amides is 1. The molecule has 4 aliphatic rings. The summed E-state index contributed by atoms with van der Waals surface area (Å²) in [5, 5.41) is 9.50. The van der Waals surface area contributed by atoms with Gasteiger partial charge in [-0.2, -0.15) is 15.2 Å². The fraction of sp³-hybridized carbons (Fsp3) is 0.548. The van der Waals surface area contributed by atoms with E-state index in [0.717, 1.165) is 59.8 Å². The summed E-state index contributed by atoms with van der Waals surface area (Å²) < 4.78 is 26.6. The first kappa shape index (κ1) is 28.4. The van der Waals surface area contributed by atoms with Crippen LogP contribution < -0.4 is 14.5 Å². The number of benzene rings is 1. The molecule has 0 radical (unpaired) electrons. The van der Waals surface area contributed by atoms with E-state index in [0.29, 0.717) is 70.9 Å². The molecule has 0 aliphatic carbocycles. The van der Waals surface area contributed by atoms with Crippen molar-refractivity contribution in [2.45, 2.75) is 57.3 Å². The smallest absolute Gasteiger partial charge is 0.318 e. The number of rotatable bonds is 7. The SMILES string of the molecule is C=CC(=O)N1CCN(c2nc(OC[C@@H]3CCCN3C)nc3c2CCN(c2ccc(F)c4c2COCC4)C3)C[C@@H]1CC#N. The standard InChI is InChI=1S/C31H38FN7O3/c1-3-29(40)39-15-14-38(17-21(39)8-11-33)30-24-9-13-37(28-7-6-26(32)23-10-16-41-20-25(23)28)18-27(24)34-31(35-30)42-19-22-5-4-12-36(22)2/h3,6-7,21-22H,1,4-5,8-10,12-20H2,2H3/t21-,22-/m0/s1. The molecule has 0 bridgehead atoms. The van der Waals surface area contributed by atoms with Crippen molar-refractivity contribution >= 4 is 17.4 Å². The molecule has 1 aromatic carbocycles. The molecule has 4 aliphatic heterocycles. The molecule has 2 aromatic rings. The van der Waals surface area contributed by atoms with Crippen molar-refractivity contribution in [1.29, 1.82) is 5.26 Å². The molecule has 5 heterocycles. The molecule has 1 aromatic heterocycles. The van der Waals surface area contributed by atoms with Gasteiger partial charge in [-0.05, 0) is 63.0 Å². The Labute approximate surface area is 246 Å². The van der Waals surface area contributed by atoms with Crippen LogP contribution in [0.4, 0.5) is 15.9 Å². The average Bonchev–Trinajstić information content (AvgIpc) is 3.43. The van der Waals surface area contributed by atoms with Crippen molar-refractivity contribution in [3.63, 3.8) is 0 Å². The summed E-state index contributed by atoms with van der Waals surface area (Å²) >= 11 is 0. The third kappa shape index (κ3) is 5.53. The molecule has 0 saturated carbocycles. The second kappa shape index (κ2) is 12.2. The van der Waals surface area contributed by atoms with E-state index in [4.69, 9.17) is 19.4 Å². The molecule has 6 rings (SSSR count). The number of likely N-dealkylation sites (tertiary alicyclic amines) is 1. The van der Waals surface area contributed by atoms with E-state index in [9.17, 15) is 14.4 Å². The van der Waals surface area contributed by atoms with E-state index in [1.807, 2.05) is 6.07 Å². The summed E-state index contributed by atoms with van der Waals surface area (Å²) in [6.45, 7) is 8.96. The van der Waals surface area contributed by atoms with Crippen molar-refractivity contribution in [3.8, 4) is 12.1 Å². The van der Waals surface area contributed by atoms with Crippen LogP contribution in [0.25, 0.3) is 0 Å². The van der Waals surface area contributed by atoms with E-state index in [1.165, 1.54) is 6.08 Å². The van der Waals surface area contributed by atoms with Gasteiger partial charge in [0.2, 0.25) is 5.91 Å². The highest BCUT2D eigenvalue weighted by Crippen LogP contribution is 2.36. The number of halogens is 1. The van der Waals surface area contributed by atoms with E-state index >= 15 is 0 Å². The van der Waals surface area contributed by atoms with Crippen LogP contribution in [0, 0.1) is 17.1 Å². The number of hydrogen-bond donors (Lipinski definition) is 0. The van der Waals surface area contributed by atoms with Crippen LogP contribution in [0.5, 0.6) is 6.01 Å². The van der Waals surface area contributed by atoms with Crippen molar-refractivity contribution in [2.75, 3.05) is 62.8 Å². The molecule has 42 heavy (non-hydrogen) atoms. The number of nitrogens with zero attached hydrogens (tertiary/aromatic N) is 7. The fourth-order valence-electron chi connectivity index (χ4n) is 6.74. The lowest BCUT2D eigenvalue weighted by atomic mass is 9.97. The van der Waals surface area contributed by atoms with Crippen molar-refractivity contribution in [3.05, 3.63) is 53.0 Å². The maximum Gasteiger partial charge on any atom is 0.318 e. The number of ether oxygens (including phenoxy) is 2. The first-order chi connectivity index (χ1) is 20.5. The van der Waals surface area contributed by atoms with Crippen LogP contribution in [0.1, 0.15) is 41.6 Å². The topological polar surface area (TPSA) is 98.1 Å². The van der Waals surface area contributed by atoms with Crippen LogP contribution in [-0.2, 0) is 35.5 Å². The fourth-order valence-corrected chi connectivity index (χ4v) is 6.74. The summed E-state index contributed by atoms with van der Waals surface area (Å²) in [5.74, 6) is 0.478. The Kier molecular flexibility index (Phi) is 8.27. The first-order valence-electron chi connectivity index (χ1n) is 14.9. The van der Waals surface area contributed by atoms with Gasteiger partial charge in [-0.1, -0.05) is 6.58 Å². The van der Waals surface area contributed by atoms with E-state index in [-0.39, 0.29) is 24.2 Å². The van der Waals surface area contributed by atoms with Gasteiger partial charge < -0.3 is 29.1 Å². The van der Waals surface area contributed by atoms with Gasteiger partial charge in [0.05, 0.1) is 44.0 Å². The Morgan fingerprint density at radius 3 is 2.83 bits per heavy atom. The average molecular weight is 576 g/mol. The van der Waals surface area contributed by atoms with Gasteiger partial charge in [0.25, 0.3) is 0 Å². The summed E-state index contributed by atoms with van der Waals surface area (Å²) in [6, 6.07) is 6.06. The van der Waals surface area contributed by atoms with Gasteiger partial charge in [-0.15, -0.1) is 0 Å². The van der Waals surface area contributed by atoms with Gasteiger partial charge in [-0.3, -0.25) is 4.79 Å². The molecule has 0 N–H and O–H groups in total. The molecular formula is C31H38FN7O3. The Morgan fingerprint density at radius 2 is 2.05 bits per heavy atom. The molecule has 0 unspecified atom stereocenters. The third-order valence-corrected chi connectivity index (χ3v) is 9.10. The number of anilines is 2. The van der Waals surface area contributed by atoms with Crippen LogP contribution in [0.3, 0.4) is 0 Å². The zero-order valence-electron chi connectivity index (χ0n) is 24.2. The number of carbonyl (C=O) groups is 1. The highest BCUT2D eigenvalue weighted by atomic mass is 19.1. The van der Waals surface area contributed by atoms with Crippen molar-refractivity contribution in [1.82, 2.24) is 19.8 Å². The zero-order chi connectivity index (χ0) is 29.2. The Bertz CT molecular complexity index is 1400. The summed E-state index contributed by atoms with van der Waals surface area (Å²) in [4.78, 5) is 30.8. The maximum atomic E-state index is 14.6. The summed E-state index contributed by atoms with van der Waals surface area (Å²) in [5.41, 5.74) is 4.59. The van der Waals surface area contributed by atoms with Gasteiger partial charge >= 0.3 is 6.01 Å². The molecule has 1 amide bonds. The van der Waals surface area contributed by atoms with Crippen molar-refractivity contribution in [2.24, 2.45) is 0 Å². The monoisotopic (exact) mass is 575 g/mol. The molecular weight excluding hydrogens is 537 g/mol. The molecule has 10 nitrogen and oxygen atoms in total. The minimum absolute atomic E-state index is 0.161. The number of fused-ring (bicyclic) bond motifs is 2. The molecule has 2 saturated heterocycles. The van der Waals surface area contributed by atoms with Crippen molar-refractivity contribution < 1.29 is 18.7 Å². The predicted molar refractivity (Wildman–Crippen MR) is 156 cm³/mol. The predicted octanol–water partition coefficient (Wildman–Crippen LogP) is 2.84. The summed E-state index contributed by atoms with van der Waals surface area (Å²) in [7, 11) is 2.12. The third-order valence-electron chi connectivity index (χ3n) is 9.10. The van der Waals surface area contributed by atoms with Gasteiger partial charge in [0, 0.05) is 49.0 Å². The molecule has 0 spiro atoms. The molecule has 2 atom stereocenters. The highest BCUT2D eigenvalue weighted by molar-refractivity contribution is 5.87. The van der Waals surface area contributed by atoms with Crippen LogP contribution >= 0.6 is 0 Å². The van der Waals surface area contributed by atoms with Crippen LogP contribution in [0.2, 0.25) is 0 Å². The maximum absolute atomic E-state index is 14.6.